The van der Waals surface area contributed by atoms with Crippen molar-refractivity contribution in [3.63, 3.8) is 0 Å². The minimum absolute atomic E-state index is 0.00667. The Bertz CT molecular complexity index is 485. The van der Waals surface area contributed by atoms with E-state index in [9.17, 15) is 4.79 Å². The minimum atomic E-state index is -0.00667. The summed E-state index contributed by atoms with van der Waals surface area (Å²) in [6, 6.07) is 7.69. The third-order valence-corrected chi connectivity index (χ3v) is 2.28. The second-order valence-corrected chi connectivity index (χ2v) is 3.04. The van der Waals surface area contributed by atoms with E-state index in [0.717, 1.165) is 17.2 Å². The lowest BCUT2D eigenvalue weighted by Crippen LogP contribution is -2.06. The Balaban J connectivity index is 2.93. The molecule has 66 valence electrons. The number of nitrogens with one attached hydrogen (secondary N) is 1. The van der Waals surface area contributed by atoms with E-state index < -0.39 is 0 Å². The van der Waals surface area contributed by atoms with E-state index in [1.807, 2.05) is 24.3 Å². The van der Waals surface area contributed by atoms with Crippen LogP contribution in [0, 0.1) is 0 Å². The van der Waals surface area contributed by atoms with Gasteiger partial charge in [-0.2, -0.15) is 0 Å². The fourth-order valence-electron chi connectivity index (χ4n) is 1.56. The van der Waals surface area contributed by atoms with Gasteiger partial charge in [-0.15, -0.1) is 0 Å². The lowest BCUT2D eigenvalue weighted by molar-refractivity contribution is 1.11. The van der Waals surface area contributed by atoms with Crippen molar-refractivity contribution in [2.45, 2.75) is 13.3 Å². The largest absolute Gasteiger partial charge is 0.328 e. The number of pyridine rings is 1. The second-order valence-electron chi connectivity index (χ2n) is 3.04. The van der Waals surface area contributed by atoms with Crippen LogP contribution in [0.15, 0.2) is 35.3 Å². The van der Waals surface area contributed by atoms with Crippen molar-refractivity contribution < 1.29 is 0 Å². The summed E-state index contributed by atoms with van der Waals surface area (Å²) in [5.41, 5.74) is 1.18. The van der Waals surface area contributed by atoms with Gasteiger partial charge in [0.2, 0.25) is 0 Å². The first-order chi connectivity index (χ1) is 6.33. The molecule has 0 aliphatic heterocycles. The van der Waals surface area contributed by atoms with Crippen LogP contribution in [0.4, 0.5) is 0 Å². The predicted molar refractivity (Wildman–Crippen MR) is 53.9 cm³/mol. The van der Waals surface area contributed by atoms with Gasteiger partial charge in [0.15, 0.2) is 0 Å². The van der Waals surface area contributed by atoms with E-state index in [1.54, 1.807) is 6.20 Å². The van der Waals surface area contributed by atoms with Crippen molar-refractivity contribution in [3.05, 3.63) is 46.4 Å². The molecule has 0 unspecified atom stereocenters. The van der Waals surface area contributed by atoms with Gasteiger partial charge in [0.05, 0.1) is 0 Å². The maximum Gasteiger partial charge on any atom is 0.255 e. The fraction of sp³-hybridized carbons (Fsp3) is 0.182. The Kier molecular flexibility index (Phi) is 1.89. The summed E-state index contributed by atoms with van der Waals surface area (Å²) in [7, 11) is 0. The molecule has 0 fully saturated rings. The van der Waals surface area contributed by atoms with Crippen molar-refractivity contribution in [2.24, 2.45) is 0 Å². The number of benzene rings is 1. The molecular formula is C11H11NO. The van der Waals surface area contributed by atoms with Crippen LogP contribution in [0.3, 0.4) is 0 Å². The molecule has 1 N–H and O–H groups in total. The number of hydrogen-bond donors (Lipinski definition) is 1. The first-order valence-electron chi connectivity index (χ1n) is 4.42. The highest BCUT2D eigenvalue weighted by Gasteiger charge is 2.00. The average molecular weight is 173 g/mol. The van der Waals surface area contributed by atoms with Crippen molar-refractivity contribution >= 4 is 10.8 Å². The number of hydrogen-bond acceptors (Lipinski definition) is 1. The number of aryl methyl sites for hydroxylation is 1. The summed E-state index contributed by atoms with van der Waals surface area (Å²) in [6.07, 6.45) is 2.74. The molecule has 0 aliphatic rings. The number of aromatic amines is 1. The van der Waals surface area contributed by atoms with Crippen molar-refractivity contribution in [3.8, 4) is 0 Å². The third-order valence-electron chi connectivity index (χ3n) is 2.28. The molecule has 2 heteroatoms. The third kappa shape index (κ3) is 1.24. The zero-order valence-corrected chi connectivity index (χ0v) is 7.50. The van der Waals surface area contributed by atoms with Crippen molar-refractivity contribution in [2.75, 3.05) is 0 Å². The molecule has 2 nitrogen and oxygen atoms in total. The van der Waals surface area contributed by atoms with Gasteiger partial charge in [-0.1, -0.05) is 25.1 Å². The zero-order chi connectivity index (χ0) is 9.26. The number of aromatic nitrogens is 1. The predicted octanol–water partition coefficient (Wildman–Crippen LogP) is 2.09. The molecule has 0 atom stereocenters. The Morgan fingerprint density at radius 2 is 1.92 bits per heavy atom. The van der Waals surface area contributed by atoms with Gasteiger partial charge < -0.3 is 4.98 Å². The molecule has 0 saturated heterocycles. The second kappa shape index (κ2) is 3.05. The highest BCUT2D eigenvalue weighted by Crippen LogP contribution is 2.13. The molecule has 2 aromatic rings. The smallest absolute Gasteiger partial charge is 0.255 e. The zero-order valence-electron chi connectivity index (χ0n) is 7.50. The molecule has 0 spiro atoms. The summed E-state index contributed by atoms with van der Waals surface area (Å²) in [5, 5.41) is 1.84. The van der Waals surface area contributed by atoms with E-state index in [-0.39, 0.29) is 5.56 Å². The number of rotatable bonds is 1. The number of H-pyrrole nitrogens is 1. The summed E-state index contributed by atoms with van der Waals surface area (Å²) in [5.74, 6) is 0. The average Bonchev–Trinajstić information content (AvgIpc) is 2.19. The van der Waals surface area contributed by atoms with Gasteiger partial charge in [-0.05, 0) is 23.4 Å². The van der Waals surface area contributed by atoms with Gasteiger partial charge in [0, 0.05) is 11.6 Å². The van der Waals surface area contributed by atoms with Gasteiger partial charge in [0.1, 0.15) is 0 Å². The molecule has 0 bridgehead atoms. The number of fused-ring (bicyclic) bond motifs is 1. The first kappa shape index (κ1) is 8.05. The summed E-state index contributed by atoms with van der Waals surface area (Å²) < 4.78 is 0. The SMILES string of the molecule is CCc1c[nH]c(=O)c2ccccc12. The van der Waals surface area contributed by atoms with Gasteiger partial charge in [-0.3, -0.25) is 4.79 Å². The summed E-state index contributed by atoms with van der Waals surface area (Å²) >= 11 is 0. The quantitative estimate of drug-likeness (QED) is 0.703. The fourth-order valence-corrected chi connectivity index (χ4v) is 1.56. The standard InChI is InChI=1S/C11H11NO/c1-2-8-7-12-11(13)10-6-4-3-5-9(8)10/h3-7H,2H2,1H3,(H,12,13). The molecule has 2 rings (SSSR count). The van der Waals surface area contributed by atoms with Crippen LogP contribution in [-0.2, 0) is 6.42 Å². The van der Waals surface area contributed by atoms with Crippen LogP contribution >= 0.6 is 0 Å². The topological polar surface area (TPSA) is 32.9 Å². The van der Waals surface area contributed by atoms with Crippen LogP contribution in [0.5, 0.6) is 0 Å². The molecule has 0 saturated carbocycles. The first-order valence-corrected chi connectivity index (χ1v) is 4.42. The van der Waals surface area contributed by atoms with Crippen LogP contribution < -0.4 is 5.56 Å². The lowest BCUT2D eigenvalue weighted by Gasteiger charge is -2.01. The Labute approximate surface area is 76.2 Å². The monoisotopic (exact) mass is 173 g/mol. The molecule has 0 aliphatic carbocycles. The van der Waals surface area contributed by atoms with Crippen molar-refractivity contribution in [1.82, 2.24) is 4.98 Å². The molecule has 0 amide bonds. The van der Waals surface area contributed by atoms with Gasteiger partial charge in [-0.25, -0.2) is 0 Å². The highest BCUT2D eigenvalue weighted by molar-refractivity contribution is 5.84. The maximum atomic E-state index is 11.4. The van der Waals surface area contributed by atoms with Crippen molar-refractivity contribution in [1.29, 1.82) is 0 Å². The van der Waals surface area contributed by atoms with E-state index in [0.29, 0.717) is 0 Å². The van der Waals surface area contributed by atoms with E-state index >= 15 is 0 Å². The van der Waals surface area contributed by atoms with Gasteiger partial charge in [0.25, 0.3) is 5.56 Å². The van der Waals surface area contributed by atoms with E-state index in [4.69, 9.17) is 0 Å². The Morgan fingerprint density at radius 3 is 2.62 bits per heavy atom. The lowest BCUT2D eigenvalue weighted by atomic mass is 10.1. The Hall–Kier alpha value is -1.57. The van der Waals surface area contributed by atoms with Crippen LogP contribution in [0.1, 0.15) is 12.5 Å². The highest BCUT2D eigenvalue weighted by atomic mass is 16.1. The van der Waals surface area contributed by atoms with Crippen LogP contribution in [-0.4, -0.2) is 4.98 Å². The maximum absolute atomic E-state index is 11.4. The molecular weight excluding hydrogens is 162 g/mol. The van der Waals surface area contributed by atoms with Crippen LogP contribution in [0.2, 0.25) is 0 Å². The Morgan fingerprint density at radius 1 is 1.23 bits per heavy atom. The van der Waals surface area contributed by atoms with Crippen LogP contribution in [0.25, 0.3) is 10.8 Å². The molecule has 1 aromatic heterocycles. The normalized spacial score (nSPS) is 10.5. The summed E-state index contributed by atoms with van der Waals surface area (Å²) in [4.78, 5) is 14.1. The molecule has 1 aromatic carbocycles. The van der Waals surface area contributed by atoms with E-state index in [1.165, 1.54) is 5.56 Å². The molecule has 13 heavy (non-hydrogen) atoms. The van der Waals surface area contributed by atoms with E-state index in [2.05, 4.69) is 11.9 Å². The molecule has 1 heterocycles. The van der Waals surface area contributed by atoms with Gasteiger partial charge >= 0.3 is 0 Å². The molecule has 0 radical (unpaired) electrons. The summed E-state index contributed by atoms with van der Waals surface area (Å²) in [6.45, 7) is 2.08. The minimum Gasteiger partial charge on any atom is -0.328 e.